The molecule has 0 spiro atoms. The van der Waals surface area contributed by atoms with Crippen LogP contribution in [-0.4, -0.2) is 41.4 Å². The molecular formula is C29H26N4O4. The van der Waals surface area contributed by atoms with Crippen molar-refractivity contribution in [1.82, 2.24) is 15.2 Å². The van der Waals surface area contributed by atoms with Crippen molar-refractivity contribution in [1.29, 1.82) is 0 Å². The molecule has 186 valence electrons. The number of benzene rings is 3. The summed E-state index contributed by atoms with van der Waals surface area (Å²) in [6, 6.07) is 21.6. The molecule has 2 aliphatic rings. The van der Waals surface area contributed by atoms with E-state index >= 15 is 0 Å². The van der Waals surface area contributed by atoms with Gasteiger partial charge < -0.3 is 19.9 Å². The van der Waals surface area contributed by atoms with Gasteiger partial charge in [0.1, 0.15) is 5.75 Å². The van der Waals surface area contributed by atoms with Crippen molar-refractivity contribution < 1.29 is 19.1 Å². The molecule has 2 aliphatic heterocycles. The fourth-order valence-corrected chi connectivity index (χ4v) is 5.49. The van der Waals surface area contributed by atoms with Crippen molar-refractivity contribution in [2.24, 2.45) is 0 Å². The van der Waals surface area contributed by atoms with E-state index < -0.39 is 11.6 Å². The molecule has 1 fully saturated rings. The van der Waals surface area contributed by atoms with Crippen molar-refractivity contribution in [3.05, 3.63) is 95.2 Å². The number of hydrogen-bond acceptors (Lipinski definition) is 4. The van der Waals surface area contributed by atoms with E-state index in [-0.39, 0.29) is 23.1 Å². The highest BCUT2D eigenvalue weighted by Gasteiger charge is 2.59. The number of anilines is 1. The normalized spacial score (nSPS) is 18.6. The molecule has 0 aliphatic carbocycles. The largest absolute Gasteiger partial charge is 0.497 e. The van der Waals surface area contributed by atoms with Crippen LogP contribution in [0.25, 0.3) is 10.9 Å². The Bertz CT molecular complexity index is 1560. The monoisotopic (exact) mass is 494 g/mol. The van der Waals surface area contributed by atoms with Gasteiger partial charge in [0.15, 0.2) is 5.54 Å². The molecule has 0 unspecified atom stereocenters. The van der Waals surface area contributed by atoms with E-state index in [9.17, 15) is 14.4 Å². The van der Waals surface area contributed by atoms with E-state index in [0.717, 1.165) is 32.7 Å². The fourth-order valence-electron chi connectivity index (χ4n) is 5.49. The zero-order valence-electron chi connectivity index (χ0n) is 20.6. The molecule has 0 radical (unpaired) electrons. The fraction of sp³-hybridized carbons (Fsp3) is 0.207. The first kappa shape index (κ1) is 22.8. The molecule has 4 aromatic rings. The lowest BCUT2D eigenvalue weighted by molar-refractivity contribution is -0.125. The lowest BCUT2D eigenvalue weighted by Gasteiger charge is -2.35. The summed E-state index contributed by atoms with van der Waals surface area (Å²) in [5, 5.41) is 3.89. The second-order valence-corrected chi connectivity index (χ2v) is 9.47. The van der Waals surface area contributed by atoms with Crippen LogP contribution in [0.1, 0.15) is 34.1 Å². The zero-order valence-corrected chi connectivity index (χ0v) is 20.6. The van der Waals surface area contributed by atoms with Crippen LogP contribution in [0.5, 0.6) is 5.75 Å². The number of aromatic nitrogens is 1. The number of imide groups is 1. The number of H-pyrrole nitrogens is 1. The minimum Gasteiger partial charge on any atom is -0.497 e. The van der Waals surface area contributed by atoms with Gasteiger partial charge in [0.25, 0.3) is 11.8 Å². The van der Waals surface area contributed by atoms with Crippen LogP contribution in [0, 0.1) is 0 Å². The van der Waals surface area contributed by atoms with E-state index in [1.165, 1.54) is 0 Å². The summed E-state index contributed by atoms with van der Waals surface area (Å²) < 4.78 is 5.40. The average molecular weight is 495 g/mol. The molecule has 4 amide bonds. The van der Waals surface area contributed by atoms with Crippen LogP contribution in [0.3, 0.4) is 0 Å². The summed E-state index contributed by atoms with van der Waals surface area (Å²) in [4.78, 5) is 47.1. The molecule has 1 aromatic heterocycles. The third-order valence-electron chi connectivity index (χ3n) is 7.45. The number of carbonyl (C=O) groups is 3. The van der Waals surface area contributed by atoms with Crippen molar-refractivity contribution >= 4 is 34.4 Å². The minimum absolute atomic E-state index is 0.269. The Kier molecular flexibility index (Phi) is 5.26. The Labute approximate surface area is 213 Å². The summed E-state index contributed by atoms with van der Waals surface area (Å²) in [6.07, 6.45) is 0.601. The molecule has 3 heterocycles. The maximum Gasteiger partial charge on any atom is 0.332 e. The number of carbonyl (C=O) groups excluding carboxylic acids is 3. The van der Waals surface area contributed by atoms with Crippen LogP contribution in [0.4, 0.5) is 10.5 Å². The highest BCUT2D eigenvalue weighted by Crippen LogP contribution is 2.46. The SMILES string of the molecule is COc1ccc2[nH]c3c(c2c1)CCN1C(=O)N(c2ccccc2C(=O)NCc2ccccc2)C(=O)[C@]31C. The van der Waals surface area contributed by atoms with E-state index in [1.54, 1.807) is 43.2 Å². The third kappa shape index (κ3) is 3.40. The van der Waals surface area contributed by atoms with Gasteiger partial charge in [-0.15, -0.1) is 0 Å². The molecule has 0 saturated carbocycles. The molecule has 8 nitrogen and oxygen atoms in total. The number of nitrogens with zero attached hydrogens (tertiary/aromatic N) is 2. The summed E-state index contributed by atoms with van der Waals surface area (Å²) in [6.45, 7) is 2.49. The molecule has 0 bridgehead atoms. The van der Waals surface area contributed by atoms with Crippen molar-refractivity contribution in [3.8, 4) is 5.75 Å². The highest BCUT2D eigenvalue weighted by molar-refractivity contribution is 6.25. The molecule has 6 rings (SSSR count). The summed E-state index contributed by atoms with van der Waals surface area (Å²) >= 11 is 0. The van der Waals surface area contributed by atoms with E-state index in [0.29, 0.717) is 25.2 Å². The smallest absolute Gasteiger partial charge is 0.332 e. The number of aromatic amines is 1. The Morgan fingerprint density at radius 1 is 1.05 bits per heavy atom. The van der Waals surface area contributed by atoms with E-state index in [2.05, 4.69) is 10.3 Å². The molecule has 1 saturated heterocycles. The van der Waals surface area contributed by atoms with Crippen molar-refractivity contribution in [2.45, 2.75) is 25.4 Å². The first-order valence-corrected chi connectivity index (χ1v) is 12.2. The number of amides is 4. The number of urea groups is 1. The van der Waals surface area contributed by atoms with Gasteiger partial charge >= 0.3 is 6.03 Å². The van der Waals surface area contributed by atoms with Gasteiger partial charge in [-0.3, -0.25) is 9.59 Å². The van der Waals surface area contributed by atoms with Crippen molar-refractivity contribution in [3.63, 3.8) is 0 Å². The quantitative estimate of drug-likeness (QED) is 0.404. The van der Waals surface area contributed by atoms with Gasteiger partial charge in [-0.05, 0) is 54.8 Å². The van der Waals surface area contributed by atoms with Gasteiger partial charge in [-0.2, -0.15) is 0 Å². The van der Waals surface area contributed by atoms with Crippen molar-refractivity contribution in [2.75, 3.05) is 18.6 Å². The topological polar surface area (TPSA) is 94.7 Å². The third-order valence-corrected chi connectivity index (χ3v) is 7.45. The van der Waals surface area contributed by atoms with Crippen LogP contribution >= 0.6 is 0 Å². The summed E-state index contributed by atoms with van der Waals surface area (Å²) in [7, 11) is 1.62. The number of rotatable bonds is 5. The molecule has 3 aromatic carbocycles. The first-order chi connectivity index (χ1) is 17.9. The number of fused-ring (bicyclic) bond motifs is 5. The number of nitrogens with one attached hydrogen (secondary N) is 2. The van der Waals surface area contributed by atoms with Gasteiger partial charge in [0.05, 0.1) is 24.1 Å². The van der Waals surface area contributed by atoms with E-state index in [1.807, 2.05) is 48.5 Å². The zero-order chi connectivity index (χ0) is 25.7. The number of methoxy groups -OCH3 is 1. The maximum atomic E-state index is 14.1. The summed E-state index contributed by atoms with van der Waals surface area (Å²) in [5.41, 5.74) is 2.87. The standard InChI is InChI=1S/C29H26N4O4/c1-29-25-20(22-16-19(37-2)12-13-23(22)31-25)14-15-32(29)28(36)33(27(29)35)24-11-7-6-10-21(24)26(34)30-17-18-8-4-3-5-9-18/h3-13,16,31H,14-15,17H2,1-2H3,(H,30,34)/t29-/m0/s1. The Morgan fingerprint density at radius 3 is 2.59 bits per heavy atom. The Hall–Kier alpha value is -4.59. The Morgan fingerprint density at radius 2 is 1.81 bits per heavy atom. The molecule has 2 N–H and O–H groups in total. The number of para-hydroxylation sites is 1. The number of hydrogen-bond donors (Lipinski definition) is 2. The predicted molar refractivity (Wildman–Crippen MR) is 140 cm³/mol. The van der Waals surface area contributed by atoms with E-state index in [4.69, 9.17) is 4.74 Å². The Balaban J connectivity index is 1.37. The molecule has 1 atom stereocenters. The maximum absolute atomic E-state index is 14.1. The van der Waals surface area contributed by atoms with Crippen LogP contribution in [-0.2, 0) is 23.3 Å². The highest BCUT2D eigenvalue weighted by atomic mass is 16.5. The minimum atomic E-state index is -1.22. The summed E-state index contributed by atoms with van der Waals surface area (Å²) in [5.74, 6) is -0.0125. The van der Waals surface area contributed by atoms with Crippen LogP contribution < -0.4 is 15.0 Å². The predicted octanol–water partition coefficient (Wildman–Crippen LogP) is 4.35. The van der Waals surface area contributed by atoms with Crippen LogP contribution in [0.2, 0.25) is 0 Å². The molecule has 37 heavy (non-hydrogen) atoms. The second kappa shape index (κ2) is 8.51. The average Bonchev–Trinajstić information content (AvgIpc) is 3.40. The van der Waals surface area contributed by atoms with Gasteiger partial charge in [-0.25, -0.2) is 9.69 Å². The first-order valence-electron chi connectivity index (χ1n) is 12.2. The molecular weight excluding hydrogens is 468 g/mol. The lowest BCUT2D eigenvalue weighted by atomic mass is 9.87. The lowest BCUT2D eigenvalue weighted by Crippen LogP contribution is -2.49. The molecule has 8 heteroatoms. The second-order valence-electron chi connectivity index (χ2n) is 9.47. The van der Waals surface area contributed by atoms with Crippen LogP contribution in [0.15, 0.2) is 72.8 Å². The van der Waals surface area contributed by atoms with Gasteiger partial charge in [-0.1, -0.05) is 42.5 Å². The van der Waals surface area contributed by atoms with Gasteiger partial charge in [0.2, 0.25) is 0 Å². The number of ether oxygens (including phenoxy) is 1. The van der Waals surface area contributed by atoms with Gasteiger partial charge in [0, 0.05) is 24.0 Å².